The molecule has 0 saturated carbocycles. The number of rotatable bonds is 13. The second-order valence-corrected chi connectivity index (χ2v) is 6.20. The van der Waals surface area contributed by atoms with E-state index in [2.05, 4.69) is 26.7 Å². The molecule has 0 heterocycles. The number of hydrogen-bond donors (Lipinski definition) is 0. The lowest BCUT2D eigenvalue weighted by atomic mass is 9.88. The summed E-state index contributed by atoms with van der Waals surface area (Å²) in [6.07, 6.45) is 0.926. The van der Waals surface area contributed by atoms with Crippen LogP contribution in [0, 0.1) is 5.41 Å². The van der Waals surface area contributed by atoms with E-state index in [0.717, 1.165) is 23.1 Å². The Hall–Kier alpha value is -0.900. The summed E-state index contributed by atoms with van der Waals surface area (Å²) in [5.41, 5.74) is 2.92. The van der Waals surface area contributed by atoms with Crippen molar-refractivity contribution < 1.29 is 14.2 Å². The van der Waals surface area contributed by atoms with Gasteiger partial charge in [0.15, 0.2) is 0 Å². The Kier molecular flexibility index (Phi) is 10.3. The van der Waals surface area contributed by atoms with Crippen LogP contribution >= 0.6 is 0 Å². The summed E-state index contributed by atoms with van der Waals surface area (Å²) >= 11 is 0. The van der Waals surface area contributed by atoms with Crippen molar-refractivity contribution in [3.8, 4) is 0 Å². The van der Waals surface area contributed by atoms with Gasteiger partial charge in [0, 0.05) is 5.41 Å². The Balaban J connectivity index is 4.52. The summed E-state index contributed by atoms with van der Waals surface area (Å²) in [4.78, 5) is 0. The molecule has 0 aliphatic rings. The van der Waals surface area contributed by atoms with Crippen molar-refractivity contribution in [1.82, 2.24) is 0 Å². The van der Waals surface area contributed by atoms with Crippen LogP contribution in [0.4, 0.5) is 0 Å². The minimum atomic E-state index is -0.139. The fraction of sp³-hybridized carbons (Fsp3) is 0.667. The molecule has 21 heavy (non-hydrogen) atoms. The third-order valence-corrected chi connectivity index (χ3v) is 3.02. The highest BCUT2D eigenvalue weighted by molar-refractivity contribution is 4.91. The van der Waals surface area contributed by atoms with Crippen LogP contribution in [0.2, 0.25) is 0 Å². The van der Waals surface area contributed by atoms with Crippen LogP contribution in [0.15, 0.2) is 36.5 Å². The molecular formula is C18H32O3. The minimum Gasteiger partial charge on any atom is -0.376 e. The van der Waals surface area contributed by atoms with Gasteiger partial charge in [-0.05, 0) is 27.2 Å². The van der Waals surface area contributed by atoms with Gasteiger partial charge in [-0.2, -0.15) is 0 Å². The van der Waals surface area contributed by atoms with E-state index in [-0.39, 0.29) is 5.41 Å². The van der Waals surface area contributed by atoms with Crippen LogP contribution in [-0.4, -0.2) is 39.6 Å². The molecule has 0 N–H and O–H groups in total. The Morgan fingerprint density at radius 1 is 0.714 bits per heavy atom. The minimum absolute atomic E-state index is 0.139. The first kappa shape index (κ1) is 20.1. The summed E-state index contributed by atoms with van der Waals surface area (Å²) in [5, 5.41) is 0. The first-order valence-electron chi connectivity index (χ1n) is 7.47. The highest BCUT2D eigenvalue weighted by Crippen LogP contribution is 2.24. The summed E-state index contributed by atoms with van der Waals surface area (Å²) in [6, 6.07) is 0. The van der Waals surface area contributed by atoms with Crippen molar-refractivity contribution in [2.24, 2.45) is 5.41 Å². The Morgan fingerprint density at radius 3 is 1.19 bits per heavy atom. The highest BCUT2D eigenvalue weighted by Gasteiger charge is 2.29. The van der Waals surface area contributed by atoms with Gasteiger partial charge in [0.05, 0.1) is 39.6 Å². The van der Waals surface area contributed by atoms with Gasteiger partial charge >= 0.3 is 0 Å². The molecule has 0 aliphatic carbocycles. The molecule has 0 aliphatic heterocycles. The zero-order valence-corrected chi connectivity index (χ0v) is 14.3. The molecule has 3 nitrogen and oxygen atoms in total. The lowest BCUT2D eigenvalue weighted by molar-refractivity contribution is -0.0613. The van der Waals surface area contributed by atoms with Crippen molar-refractivity contribution in [3.63, 3.8) is 0 Å². The van der Waals surface area contributed by atoms with E-state index < -0.39 is 0 Å². The Morgan fingerprint density at radius 2 is 1.00 bits per heavy atom. The van der Waals surface area contributed by atoms with Gasteiger partial charge < -0.3 is 14.2 Å². The molecule has 0 rings (SSSR count). The van der Waals surface area contributed by atoms with Crippen molar-refractivity contribution >= 4 is 0 Å². The molecule has 0 spiro atoms. The van der Waals surface area contributed by atoms with Gasteiger partial charge in [-0.3, -0.25) is 0 Å². The predicted octanol–water partition coefficient (Wildman–Crippen LogP) is 4.16. The number of ether oxygens (including phenoxy) is 3. The summed E-state index contributed by atoms with van der Waals surface area (Å²) in [5.74, 6) is 0. The average molecular weight is 296 g/mol. The van der Waals surface area contributed by atoms with Crippen LogP contribution < -0.4 is 0 Å². The molecule has 0 aromatic carbocycles. The van der Waals surface area contributed by atoms with Gasteiger partial charge in [-0.1, -0.05) is 43.4 Å². The Labute approximate surface area is 130 Å². The summed E-state index contributed by atoms with van der Waals surface area (Å²) < 4.78 is 17.3. The molecule has 0 radical (unpaired) electrons. The fourth-order valence-corrected chi connectivity index (χ4v) is 1.76. The van der Waals surface area contributed by atoms with Gasteiger partial charge in [0.2, 0.25) is 0 Å². The number of hydrogen-bond acceptors (Lipinski definition) is 3. The molecule has 122 valence electrons. The molecular weight excluding hydrogens is 264 g/mol. The summed E-state index contributed by atoms with van der Waals surface area (Å²) in [6.45, 7) is 23.1. The third kappa shape index (κ3) is 10.5. The smallest absolute Gasteiger partial charge is 0.0671 e. The zero-order valence-electron chi connectivity index (χ0n) is 14.3. The maximum Gasteiger partial charge on any atom is 0.0671 e. The molecule has 0 aromatic rings. The lowest BCUT2D eigenvalue weighted by Gasteiger charge is -2.32. The van der Waals surface area contributed by atoms with Crippen LogP contribution in [0.25, 0.3) is 0 Å². The van der Waals surface area contributed by atoms with Crippen molar-refractivity contribution in [2.45, 2.75) is 34.1 Å². The fourth-order valence-electron chi connectivity index (χ4n) is 1.76. The van der Waals surface area contributed by atoms with Crippen molar-refractivity contribution in [3.05, 3.63) is 36.5 Å². The van der Waals surface area contributed by atoms with Crippen molar-refractivity contribution in [2.75, 3.05) is 39.6 Å². The largest absolute Gasteiger partial charge is 0.376 e. The van der Waals surface area contributed by atoms with Crippen LogP contribution in [-0.2, 0) is 14.2 Å². The van der Waals surface area contributed by atoms with E-state index in [1.165, 1.54) is 0 Å². The molecule has 0 unspecified atom stereocenters. The normalized spacial score (nSPS) is 11.4. The summed E-state index contributed by atoms with van der Waals surface area (Å²) in [7, 11) is 0. The first-order chi connectivity index (χ1) is 9.81. The Bertz CT molecular complexity index is 294. The lowest BCUT2D eigenvalue weighted by Crippen LogP contribution is -2.37. The van der Waals surface area contributed by atoms with E-state index >= 15 is 0 Å². The van der Waals surface area contributed by atoms with Gasteiger partial charge in [-0.25, -0.2) is 0 Å². The van der Waals surface area contributed by atoms with E-state index in [9.17, 15) is 0 Å². The van der Waals surface area contributed by atoms with Crippen LogP contribution in [0.3, 0.4) is 0 Å². The maximum absolute atomic E-state index is 5.76. The predicted molar refractivity (Wildman–Crippen MR) is 89.6 cm³/mol. The molecule has 3 heteroatoms. The molecule has 0 bridgehead atoms. The monoisotopic (exact) mass is 296 g/mol. The second kappa shape index (κ2) is 10.8. The topological polar surface area (TPSA) is 27.7 Å². The molecule has 0 aromatic heterocycles. The van der Waals surface area contributed by atoms with Gasteiger partial charge in [0.25, 0.3) is 0 Å². The zero-order chi connectivity index (χ0) is 16.3. The molecule has 0 fully saturated rings. The quantitative estimate of drug-likeness (QED) is 0.478. The van der Waals surface area contributed by atoms with Crippen LogP contribution in [0.1, 0.15) is 34.1 Å². The maximum atomic E-state index is 5.76. The standard InChI is InChI=1S/C18H32O3/c1-8-18(12-19-9-15(2)3,13-20-10-16(4)5)14-21-11-17(6)7/h2,4,6,8-14H2,1,3,5,7H3. The van der Waals surface area contributed by atoms with Gasteiger partial charge in [0.1, 0.15) is 0 Å². The van der Waals surface area contributed by atoms with Crippen molar-refractivity contribution in [1.29, 1.82) is 0 Å². The van der Waals surface area contributed by atoms with Gasteiger partial charge in [-0.15, -0.1) is 0 Å². The van der Waals surface area contributed by atoms with E-state index in [1.807, 2.05) is 20.8 Å². The van der Waals surface area contributed by atoms with E-state index in [4.69, 9.17) is 14.2 Å². The first-order valence-corrected chi connectivity index (χ1v) is 7.47. The second-order valence-electron chi connectivity index (χ2n) is 6.20. The van der Waals surface area contributed by atoms with E-state index in [1.54, 1.807) is 0 Å². The SMILES string of the molecule is C=C(C)COCC(CC)(COCC(=C)C)COCC(=C)C. The third-order valence-electron chi connectivity index (χ3n) is 3.02. The van der Waals surface area contributed by atoms with Crippen LogP contribution in [0.5, 0.6) is 0 Å². The molecule has 0 saturated heterocycles. The molecule has 0 atom stereocenters. The van der Waals surface area contributed by atoms with E-state index in [0.29, 0.717) is 39.6 Å². The molecule has 0 amide bonds. The highest BCUT2D eigenvalue weighted by atomic mass is 16.5. The average Bonchev–Trinajstić information content (AvgIpc) is 2.36.